The van der Waals surface area contributed by atoms with Gasteiger partial charge in [0.05, 0.1) is 6.10 Å². The molecule has 0 saturated heterocycles. The Labute approximate surface area is 46.4 Å². The molecular weight excluding hydrogens is 108 g/mol. The zero-order valence-electron chi connectivity index (χ0n) is 4.68. The number of hydrogen-bond acceptors (Lipinski definition) is 2. The van der Waals surface area contributed by atoms with Crippen molar-refractivity contribution >= 4 is 16.8 Å². The number of aldehydes is 1. The zero-order valence-corrected chi connectivity index (χ0v) is 6.68. The van der Waals surface area contributed by atoms with Gasteiger partial charge >= 0.3 is 0 Å². The molecule has 0 aromatic rings. The molecule has 0 aromatic heterocycles. The smallest absolute Gasteiger partial charge is 0.147 e. The van der Waals surface area contributed by atoms with Crippen LogP contribution in [0.3, 0.4) is 0 Å². The van der Waals surface area contributed by atoms with Crippen LogP contribution in [0.15, 0.2) is 0 Å². The maximum Gasteiger partial charge on any atom is 0.147 e. The molecule has 0 saturated carbocycles. The Morgan fingerprint density at radius 1 is 2.00 bits per heavy atom. The Bertz CT molecular complexity index is 51.7. The fourth-order valence-corrected chi connectivity index (χ4v) is 0.763. The van der Waals surface area contributed by atoms with E-state index in [4.69, 9.17) is 4.43 Å². The lowest BCUT2D eigenvalue weighted by Crippen LogP contribution is -2.09. The van der Waals surface area contributed by atoms with E-state index >= 15 is 0 Å². The molecule has 0 aliphatic carbocycles. The molecule has 0 N–H and O–H groups in total. The number of carbonyl (C=O) groups is 1. The summed E-state index contributed by atoms with van der Waals surface area (Å²) in [6, 6.07) is 0. The van der Waals surface area contributed by atoms with E-state index in [2.05, 4.69) is 0 Å². The largest absolute Gasteiger partial charge is 0.418 e. The highest BCUT2D eigenvalue weighted by molar-refractivity contribution is 5.98. The molecule has 1 atom stereocenters. The molecule has 1 unspecified atom stereocenters. The fraction of sp³-hybridized carbons (Fsp3) is 0.750. The van der Waals surface area contributed by atoms with Crippen LogP contribution in [0, 0.1) is 0 Å². The van der Waals surface area contributed by atoms with Gasteiger partial charge in [0, 0.05) is 0 Å². The predicted molar refractivity (Wildman–Crippen MR) is 31.2 cm³/mol. The van der Waals surface area contributed by atoms with Crippen molar-refractivity contribution in [3.05, 3.63) is 0 Å². The van der Waals surface area contributed by atoms with Crippen LogP contribution in [-0.2, 0) is 9.22 Å². The molecule has 0 aliphatic rings. The lowest BCUT2D eigenvalue weighted by Gasteiger charge is -2.01. The number of rotatable bonds is 3. The highest BCUT2D eigenvalue weighted by atomic mass is 28.2. The fourth-order valence-electron chi connectivity index (χ4n) is 0.318. The van der Waals surface area contributed by atoms with E-state index in [1.165, 1.54) is 0 Å². The first-order valence-corrected chi connectivity index (χ1v) is 3.14. The first-order chi connectivity index (χ1) is 3.35. The van der Waals surface area contributed by atoms with Gasteiger partial charge in [0.25, 0.3) is 0 Å². The minimum Gasteiger partial charge on any atom is -0.418 e. The Hall–Kier alpha value is -0.153. The monoisotopic (exact) mass is 118 g/mol. The molecule has 0 bridgehead atoms. The summed E-state index contributed by atoms with van der Waals surface area (Å²) >= 11 is 0. The maximum absolute atomic E-state index is 9.86. The Morgan fingerprint density at radius 2 is 2.57 bits per heavy atom. The van der Waals surface area contributed by atoms with Gasteiger partial charge in [-0.2, -0.15) is 0 Å². The molecule has 0 spiro atoms. The Balaban J connectivity index is 3.16. The minimum absolute atomic E-state index is 0.133. The van der Waals surface area contributed by atoms with Gasteiger partial charge in [-0.05, 0) is 6.42 Å². The molecule has 0 rings (SSSR count). The Morgan fingerprint density at radius 3 is 2.57 bits per heavy atom. The average Bonchev–Trinajstić information content (AvgIpc) is 1.72. The first kappa shape index (κ1) is 6.85. The van der Waals surface area contributed by atoms with Crippen LogP contribution >= 0.6 is 0 Å². The normalized spacial score (nSPS) is 13.9. The standard InChI is InChI=1S/C4H10O2Si/c1-2-4(3-5)6-7/h3-4H,2H2,1,7H3. The van der Waals surface area contributed by atoms with Gasteiger partial charge < -0.3 is 9.22 Å². The molecule has 2 nitrogen and oxygen atoms in total. The van der Waals surface area contributed by atoms with E-state index in [1.807, 2.05) is 6.92 Å². The molecule has 7 heavy (non-hydrogen) atoms. The molecular formula is C4H10O2Si. The quantitative estimate of drug-likeness (QED) is 0.360. The summed E-state index contributed by atoms with van der Waals surface area (Å²) in [7, 11) is 0.660. The van der Waals surface area contributed by atoms with Crippen molar-refractivity contribution in [3.63, 3.8) is 0 Å². The van der Waals surface area contributed by atoms with Gasteiger partial charge in [0.1, 0.15) is 16.8 Å². The molecule has 0 amide bonds. The van der Waals surface area contributed by atoms with Gasteiger partial charge in [-0.25, -0.2) is 0 Å². The third-order valence-corrected chi connectivity index (χ3v) is 1.46. The topological polar surface area (TPSA) is 26.3 Å². The van der Waals surface area contributed by atoms with Gasteiger partial charge in [-0.15, -0.1) is 0 Å². The summed E-state index contributed by atoms with van der Waals surface area (Å²) in [5.41, 5.74) is 0. The van der Waals surface area contributed by atoms with Crippen molar-refractivity contribution in [1.29, 1.82) is 0 Å². The second-order valence-corrected chi connectivity index (χ2v) is 1.79. The third kappa shape index (κ3) is 2.53. The van der Waals surface area contributed by atoms with Crippen molar-refractivity contribution in [2.24, 2.45) is 0 Å². The van der Waals surface area contributed by atoms with Crippen LogP contribution in [-0.4, -0.2) is 22.9 Å². The van der Waals surface area contributed by atoms with Crippen molar-refractivity contribution in [3.8, 4) is 0 Å². The summed E-state index contributed by atoms with van der Waals surface area (Å²) in [5.74, 6) is 0. The van der Waals surface area contributed by atoms with Crippen LogP contribution in [0.2, 0.25) is 0 Å². The molecule has 0 fully saturated rings. The lowest BCUT2D eigenvalue weighted by atomic mass is 10.3. The summed E-state index contributed by atoms with van der Waals surface area (Å²) in [6.07, 6.45) is 1.51. The summed E-state index contributed by atoms with van der Waals surface area (Å²) in [5, 5.41) is 0. The van der Waals surface area contributed by atoms with Crippen LogP contribution in [0.4, 0.5) is 0 Å². The van der Waals surface area contributed by atoms with Crippen LogP contribution in [0.5, 0.6) is 0 Å². The van der Waals surface area contributed by atoms with E-state index in [0.29, 0.717) is 10.5 Å². The van der Waals surface area contributed by atoms with E-state index in [0.717, 1.165) is 12.7 Å². The van der Waals surface area contributed by atoms with Crippen LogP contribution in [0.1, 0.15) is 13.3 Å². The van der Waals surface area contributed by atoms with Gasteiger partial charge in [-0.1, -0.05) is 6.92 Å². The highest BCUT2D eigenvalue weighted by Gasteiger charge is 1.96. The maximum atomic E-state index is 9.86. The summed E-state index contributed by atoms with van der Waals surface area (Å²) in [6.45, 7) is 1.93. The number of carbonyl (C=O) groups excluding carboxylic acids is 1. The predicted octanol–water partition coefficient (Wildman–Crippen LogP) is -0.739. The van der Waals surface area contributed by atoms with Gasteiger partial charge in [-0.3, -0.25) is 0 Å². The summed E-state index contributed by atoms with van der Waals surface area (Å²) < 4.78 is 4.82. The second-order valence-electron chi connectivity index (χ2n) is 1.32. The Kier molecular flexibility index (Phi) is 3.93. The van der Waals surface area contributed by atoms with Crippen LogP contribution < -0.4 is 0 Å². The first-order valence-electron chi connectivity index (χ1n) is 2.33. The molecule has 0 aliphatic heterocycles. The summed E-state index contributed by atoms with van der Waals surface area (Å²) in [4.78, 5) is 9.86. The van der Waals surface area contributed by atoms with Crippen molar-refractivity contribution in [1.82, 2.24) is 0 Å². The van der Waals surface area contributed by atoms with E-state index < -0.39 is 0 Å². The zero-order chi connectivity index (χ0) is 5.70. The van der Waals surface area contributed by atoms with Gasteiger partial charge in [0.15, 0.2) is 0 Å². The van der Waals surface area contributed by atoms with E-state index in [9.17, 15) is 4.79 Å². The third-order valence-electron chi connectivity index (χ3n) is 0.857. The van der Waals surface area contributed by atoms with Crippen molar-refractivity contribution < 1.29 is 9.22 Å². The molecule has 0 radical (unpaired) electrons. The molecule has 3 heteroatoms. The second kappa shape index (κ2) is 4.02. The van der Waals surface area contributed by atoms with E-state index in [-0.39, 0.29) is 6.10 Å². The lowest BCUT2D eigenvalue weighted by molar-refractivity contribution is -0.113. The van der Waals surface area contributed by atoms with E-state index in [1.54, 1.807) is 0 Å². The van der Waals surface area contributed by atoms with Crippen molar-refractivity contribution in [2.75, 3.05) is 0 Å². The minimum atomic E-state index is -0.133. The molecule has 42 valence electrons. The van der Waals surface area contributed by atoms with Gasteiger partial charge in [0.2, 0.25) is 0 Å². The highest BCUT2D eigenvalue weighted by Crippen LogP contribution is 1.87. The SMILES string of the molecule is CCC(C=O)O[SiH3]. The average molecular weight is 118 g/mol. The number of hydrogen-bond donors (Lipinski definition) is 0. The molecule has 0 aromatic carbocycles. The molecule has 0 heterocycles. The van der Waals surface area contributed by atoms with Crippen LogP contribution in [0.25, 0.3) is 0 Å². The van der Waals surface area contributed by atoms with Crippen molar-refractivity contribution in [2.45, 2.75) is 19.4 Å².